The molecule has 0 aliphatic carbocycles. The average Bonchev–Trinajstić information content (AvgIpc) is 2.40. The lowest BCUT2D eigenvalue weighted by atomic mass is 10.2. The molecule has 2 aromatic heterocycles. The largest absolute Gasteiger partial charge is 0.478 e. The fraction of sp³-hybridized carbons (Fsp3) is 0.154. The molecule has 0 radical (unpaired) electrons. The van der Waals surface area contributed by atoms with Crippen LogP contribution in [0, 0.1) is 0 Å². The molecule has 0 atom stereocenters. The van der Waals surface area contributed by atoms with Gasteiger partial charge < -0.3 is 10.4 Å². The number of rotatable bonds is 5. The number of nitrogens with zero attached hydrogens (tertiary/aromatic N) is 2. The summed E-state index contributed by atoms with van der Waals surface area (Å²) in [4.78, 5) is 18.7. The summed E-state index contributed by atoms with van der Waals surface area (Å²) in [5.74, 6) is -0.959. The SMILES string of the molecule is O=C(O)c1ccc(CNCc2ccncc2)nc1. The first-order valence-corrected chi connectivity index (χ1v) is 5.53. The topological polar surface area (TPSA) is 75.1 Å². The number of carboxylic acid groups (broad SMARTS) is 1. The number of carboxylic acids is 1. The zero-order chi connectivity index (χ0) is 12.8. The van der Waals surface area contributed by atoms with Crippen molar-refractivity contribution in [2.24, 2.45) is 0 Å². The molecule has 0 aliphatic rings. The smallest absolute Gasteiger partial charge is 0.337 e. The first kappa shape index (κ1) is 12.2. The van der Waals surface area contributed by atoms with Gasteiger partial charge in [-0.15, -0.1) is 0 Å². The lowest BCUT2D eigenvalue weighted by Gasteiger charge is -2.04. The first-order valence-electron chi connectivity index (χ1n) is 5.53. The van der Waals surface area contributed by atoms with E-state index in [9.17, 15) is 4.79 Å². The molecule has 2 heterocycles. The molecule has 0 aliphatic heterocycles. The Morgan fingerprint density at radius 3 is 2.56 bits per heavy atom. The standard InChI is InChI=1S/C13H13N3O2/c17-13(18)11-1-2-12(16-8-11)9-15-7-10-3-5-14-6-4-10/h1-6,8,15H,7,9H2,(H,17,18). The molecule has 0 unspecified atom stereocenters. The third kappa shape index (κ3) is 3.36. The Morgan fingerprint density at radius 1 is 1.17 bits per heavy atom. The first-order chi connectivity index (χ1) is 8.75. The highest BCUT2D eigenvalue weighted by Gasteiger charge is 2.02. The molecule has 2 aromatic rings. The minimum absolute atomic E-state index is 0.202. The van der Waals surface area contributed by atoms with Gasteiger partial charge in [-0.1, -0.05) is 0 Å². The number of nitrogens with one attached hydrogen (secondary N) is 1. The summed E-state index contributed by atoms with van der Waals surface area (Å²) in [5, 5.41) is 12.0. The summed E-state index contributed by atoms with van der Waals surface area (Å²) in [7, 11) is 0. The van der Waals surface area contributed by atoms with Crippen LogP contribution in [0.2, 0.25) is 0 Å². The van der Waals surface area contributed by atoms with Gasteiger partial charge in [-0.05, 0) is 29.8 Å². The maximum absolute atomic E-state index is 10.6. The highest BCUT2D eigenvalue weighted by molar-refractivity contribution is 5.87. The molecule has 2 N–H and O–H groups in total. The number of hydrogen-bond donors (Lipinski definition) is 2. The number of carbonyl (C=O) groups is 1. The van der Waals surface area contributed by atoms with E-state index in [1.807, 2.05) is 12.1 Å². The van der Waals surface area contributed by atoms with Crippen molar-refractivity contribution in [3.63, 3.8) is 0 Å². The Kier molecular flexibility index (Phi) is 3.98. The van der Waals surface area contributed by atoms with Gasteiger partial charge >= 0.3 is 5.97 Å². The van der Waals surface area contributed by atoms with E-state index in [1.165, 1.54) is 6.20 Å². The van der Waals surface area contributed by atoms with E-state index in [1.54, 1.807) is 24.5 Å². The summed E-state index contributed by atoms with van der Waals surface area (Å²) in [6.07, 6.45) is 4.86. The molecule has 2 rings (SSSR count). The van der Waals surface area contributed by atoms with E-state index in [0.29, 0.717) is 6.54 Å². The summed E-state index contributed by atoms with van der Waals surface area (Å²) in [6.45, 7) is 1.33. The minimum Gasteiger partial charge on any atom is -0.478 e. The fourth-order valence-corrected chi connectivity index (χ4v) is 1.49. The monoisotopic (exact) mass is 243 g/mol. The summed E-state index contributed by atoms with van der Waals surface area (Å²) >= 11 is 0. The van der Waals surface area contributed by atoms with Crippen LogP contribution in [0.4, 0.5) is 0 Å². The van der Waals surface area contributed by atoms with Gasteiger partial charge in [0.25, 0.3) is 0 Å². The predicted octanol–water partition coefficient (Wildman–Crippen LogP) is 1.46. The molecule has 5 heteroatoms. The number of hydrogen-bond acceptors (Lipinski definition) is 4. The van der Waals surface area contributed by atoms with Gasteiger partial charge in [0, 0.05) is 31.7 Å². The zero-order valence-corrected chi connectivity index (χ0v) is 9.71. The van der Waals surface area contributed by atoms with Crippen molar-refractivity contribution in [1.29, 1.82) is 0 Å². The predicted molar refractivity (Wildman–Crippen MR) is 66.0 cm³/mol. The maximum atomic E-state index is 10.6. The van der Waals surface area contributed by atoms with Crippen molar-refractivity contribution < 1.29 is 9.90 Å². The molecule has 92 valence electrons. The van der Waals surface area contributed by atoms with Crippen LogP contribution in [-0.4, -0.2) is 21.0 Å². The second-order valence-corrected chi connectivity index (χ2v) is 3.80. The molecular weight excluding hydrogens is 230 g/mol. The van der Waals surface area contributed by atoms with Gasteiger partial charge in [-0.25, -0.2) is 4.79 Å². The van der Waals surface area contributed by atoms with Gasteiger partial charge in [0.05, 0.1) is 11.3 Å². The molecule has 0 amide bonds. The van der Waals surface area contributed by atoms with Crippen LogP contribution in [0.3, 0.4) is 0 Å². The van der Waals surface area contributed by atoms with E-state index in [-0.39, 0.29) is 5.56 Å². The fourth-order valence-electron chi connectivity index (χ4n) is 1.49. The normalized spacial score (nSPS) is 10.2. The van der Waals surface area contributed by atoms with E-state index < -0.39 is 5.97 Å². The van der Waals surface area contributed by atoms with Crippen LogP contribution in [0.5, 0.6) is 0 Å². The Labute approximate surface area is 105 Å². The van der Waals surface area contributed by atoms with Crippen LogP contribution in [-0.2, 0) is 13.1 Å². The third-order valence-electron chi connectivity index (χ3n) is 2.46. The Morgan fingerprint density at radius 2 is 1.94 bits per heavy atom. The molecule has 0 fully saturated rings. The van der Waals surface area contributed by atoms with Crippen molar-refractivity contribution >= 4 is 5.97 Å². The highest BCUT2D eigenvalue weighted by atomic mass is 16.4. The molecule has 0 saturated heterocycles. The Balaban J connectivity index is 1.85. The van der Waals surface area contributed by atoms with E-state index >= 15 is 0 Å². The second-order valence-electron chi connectivity index (χ2n) is 3.80. The van der Waals surface area contributed by atoms with Crippen LogP contribution in [0.1, 0.15) is 21.6 Å². The van der Waals surface area contributed by atoms with Crippen LogP contribution < -0.4 is 5.32 Å². The van der Waals surface area contributed by atoms with Crippen molar-refractivity contribution in [3.8, 4) is 0 Å². The number of aromatic nitrogens is 2. The molecular formula is C13H13N3O2. The van der Waals surface area contributed by atoms with E-state index in [4.69, 9.17) is 5.11 Å². The van der Waals surface area contributed by atoms with Gasteiger partial charge in [0.15, 0.2) is 0 Å². The van der Waals surface area contributed by atoms with Crippen molar-refractivity contribution in [2.45, 2.75) is 13.1 Å². The Bertz CT molecular complexity index is 512. The van der Waals surface area contributed by atoms with Crippen molar-refractivity contribution in [3.05, 3.63) is 59.7 Å². The number of aromatic carboxylic acids is 1. The average molecular weight is 243 g/mol. The molecule has 0 spiro atoms. The molecule has 0 saturated carbocycles. The van der Waals surface area contributed by atoms with Crippen molar-refractivity contribution in [1.82, 2.24) is 15.3 Å². The molecule has 5 nitrogen and oxygen atoms in total. The van der Waals surface area contributed by atoms with Crippen LogP contribution in [0.25, 0.3) is 0 Å². The molecule has 0 aromatic carbocycles. The molecule has 18 heavy (non-hydrogen) atoms. The van der Waals surface area contributed by atoms with E-state index in [2.05, 4.69) is 15.3 Å². The third-order valence-corrected chi connectivity index (χ3v) is 2.46. The summed E-state index contributed by atoms with van der Waals surface area (Å²) < 4.78 is 0. The highest BCUT2D eigenvalue weighted by Crippen LogP contribution is 2.01. The molecule has 0 bridgehead atoms. The van der Waals surface area contributed by atoms with Gasteiger partial charge in [-0.3, -0.25) is 9.97 Å². The maximum Gasteiger partial charge on any atom is 0.337 e. The van der Waals surface area contributed by atoms with Crippen LogP contribution >= 0.6 is 0 Å². The van der Waals surface area contributed by atoms with Gasteiger partial charge in [-0.2, -0.15) is 0 Å². The van der Waals surface area contributed by atoms with Gasteiger partial charge in [0.1, 0.15) is 0 Å². The Hall–Kier alpha value is -2.27. The zero-order valence-electron chi connectivity index (χ0n) is 9.71. The second kappa shape index (κ2) is 5.88. The van der Waals surface area contributed by atoms with E-state index in [0.717, 1.165) is 17.8 Å². The quantitative estimate of drug-likeness (QED) is 0.831. The lowest BCUT2D eigenvalue weighted by molar-refractivity contribution is 0.0696. The van der Waals surface area contributed by atoms with Crippen LogP contribution in [0.15, 0.2) is 42.9 Å². The van der Waals surface area contributed by atoms with Crippen molar-refractivity contribution in [2.75, 3.05) is 0 Å². The number of pyridine rings is 2. The summed E-state index contributed by atoms with van der Waals surface area (Å²) in [6, 6.07) is 7.14. The summed E-state index contributed by atoms with van der Waals surface area (Å²) in [5.41, 5.74) is 2.16. The minimum atomic E-state index is -0.959. The van der Waals surface area contributed by atoms with Gasteiger partial charge in [0.2, 0.25) is 0 Å². The lowest BCUT2D eigenvalue weighted by Crippen LogP contribution is -2.13.